The molecular formula is C13H18N2O3S. The van der Waals surface area contributed by atoms with E-state index in [9.17, 15) is 13.2 Å². The number of nitrogens with zero attached hydrogens (tertiary/aromatic N) is 1. The molecule has 104 valence electrons. The van der Waals surface area contributed by atoms with Gasteiger partial charge in [-0.2, -0.15) is 0 Å². The number of hydrogen-bond acceptors (Lipinski definition) is 4. The minimum absolute atomic E-state index is 0.0408. The summed E-state index contributed by atoms with van der Waals surface area (Å²) in [5, 5.41) is 0. The Kier molecular flexibility index (Phi) is 3.54. The van der Waals surface area contributed by atoms with E-state index >= 15 is 0 Å². The molecule has 0 saturated carbocycles. The van der Waals surface area contributed by atoms with Crippen molar-refractivity contribution in [1.82, 2.24) is 4.90 Å². The van der Waals surface area contributed by atoms with Gasteiger partial charge in [-0.15, -0.1) is 0 Å². The Bertz CT molecular complexity index is 609. The number of aryl methyl sites for hydroxylation is 2. The monoisotopic (exact) mass is 282 g/mol. The highest BCUT2D eigenvalue weighted by molar-refractivity contribution is 7.91. The van der Waals surface area contributed by atoms with Crippen molar-refractivity contribution in [1.29, 1.82) is 0 Å². The fourth-order valence-electron chi connectivity index (χ4n) is 2.19. The molecule has 1 amide bonds. The van der Waals surface area contributed by atoms with Crippen molar-refractivity contribution in [2.75, 3.05) is 30.3 Å². The molecule has 0 aliphatic carbocycles. The molecule has 0 spiro atoms. The highest BCUT2D eigenvalue weighted by atomic mass is 32.2. The SMILES string of the molecule is Cc1cc(C)c(C(=O)N2CCS(=O)(=O)CC2)cc1N. The van der Waals surface area contributed by atoms with E-state index in [1.54, 1.807) is 11.0 Å². The Labute approximate surface area is 113 Å². The summed E-state index contributed by atoms with van der Waals surface area (Å²) in [6.45, 7) is 4.27. The van der Waals surface area contributed by atoms with Gasteiger partial charge in [-0.05, 0) is 31.0 Å². The number of sulfone groups is 1. The van der Waals surface area contributed by atoms with Gasteiger partial charge >= 0.3 is 0 Å². The van der Waals surface area contributed by atoms with Crippen LogP contribution in [0.3, 0.4) is 0 Å². The molecule has 2 rings (SSSR count). The summed E-state index contributed by atoms with van der Waals surface area (Å²) in [6, 6.07) is 3.55. The lowest BCUT2D eigenvalue weighted by Gasteiger charge is -2.27. The van der Waals surface area contributed by atoms with Crippen molar-refractivity contribution < 1.29 is 13.2 Å². The molecule has 0 atom stereocenters. The Morgan fingerprint density at radius 1 is 1.16 bits per heavy atom. The first-order valence-corrected chi connectivity index (χ1v) is 7.99. The van der Waals surface area contributed by atoms with Crippen LogP contribution in [0.4, 0.5) is 5.69 Å². The number of carbonyl (C=O) groups is 1. The fraction of sp³-hybridized carbons (Fsp3) is 0.462. The molecule has 1 aliphatic rings. The lowest BCUT2D eigenvalue weighted by molar-refractivity contribution is 0.0769. The third-order valence-corrected chi connectivity index (χ3v) is 5.08. The standard InChI is InChI=1S/C13H18N2O3S/c1-9-7-10(2)12(14)8-11(9)13(16)15-3-5-19(17,18)6-4-15/h7-8H,3-6,14H2,1-2H3. The van der Waals surface area contributed by atoms with Gasteiger partial charge < -0.3 is 10.6 Å². The van der Waals surface area contributed by atoms with Crippen molar-refractivity contribution in [2.45, 2.75) is 13.8 Å². The van der Waals surface area contributed by atoms with Crippen LogP contribution >= 0.6 is 0 Å². The van der Waals surface area contributed by atoms with Gasteiger partial charge in [0.15, 0.2) is 9.84 Å². The molecule has 2 N–H and O–H groups in total. The first kappa shape index (κ1) is 13.9. The van der Waals surface area contributed by atoms with E-state index in [1.165, 1.54) is 0 Å². The van der Waals surface area contributed by atoms with Crippen LogP contribution in [0.2, 0.25) is 0 Å². The predicted octanol–water partition coefficient (Wildman–Crippen LogP) is 0.756. The lowest BCUT2D eigenvalue weighted by Crippen LogP contribution is -2.43. The molecule has 1 fully saturated rings. The number of rotatable bonds is 1. The summed E-state index contributed by atoms with van der Waals surface area (Å²) in [5.74, 6) is -0.0581. The lowest BCUT2D eigenvalue weighted by atomic mass is 10.0. The van der Waals surface area contributed by atoms with Crippen molar-refractivity contribution in [3.8, 4) is 0 Å². The van der Waals surface area contributed by atoms with Crippen LogP contribution in [0.1, 0.15) is 21.5 Å². The predicted molar refractivity (Wildman–Crippen MR) is 74.9 cm³/mol. The highest BCUT2D eigenvalue weighted by Gasteiger charge is 2.26. The van der Waals surface area contributed by atoms with Gasteiger partial charge in [-0.25, -0.2) is 8.42 Å². The number of hydrogen-bond donors (Lipinski definition) is 1. The molecule has 1 heterocycles. The van der Waals surface area contributed by atoms with Gasteiger partial charge in [0.25, 0.3) is 5.91 Å². The summed E-state index contributed by atoms with van der Waals surface area (Å²) < 4.78 is 22.7. The van der Waals surface area contributed by atoms with E-state index < -0.39 is 9.84 Å². The number of carbonyl (C=O) groups excluding carboxylic acids is 1. The van der Waals surface area contributed by atoms with E-state index in [4.69, 9.17) is 5.73 Å². The third kappa shape index (κ3) is 2.89. The van der Waals surface area contributed by atoms with Gasteiger partial charge in [0.1, 0.15) is 0 Å². The third-order valence-electron chi connectivity index (χ3n) is 3.48. The van der Waals surface area contributed by atoms with Crippen LogP contribution in [-0.4, -0.2) is 43.8 Å². The molecule has 0 bridgehead atoms. The van der Waals surface area contributed by atoms with E-state index in [0.717, 1.165) is 11.1 Å². The Balaban J connectivity index is 2.24. The normalized spacial score (nSPS) is 18.3. The van der Waals surface area contributed by atoms with Gasteiger partial charge in [0, 0.05) is 24.3 Å². The minimum atomic E-state index is -2.97. The van der Waals surface area contributed by atoms with Crippen LogP contribution in [-0.2, 0) is 9.84 Å². The fourth-order valence-corrected chi connectivity index (χ4v) is 3.39. The van der Waals surface area contributed by atoms with Crippen LogP contribution in [0.25, 0.3) is 0 Å². The Morgan fingerprint density at radius 3 is 2.32 bits per heavy atom. The molecule has 0 unspecified atom stereocenters. The zero-order valence-electron chi connectivity index (χ0n) is 11.1. The van der Waals surface area contributed by atoms with Crippen LogP contribution in [0.5, 0.6) is 0 Å². The minimum Gasteiger partial charge on any atom is -0.398 e. The zero-order chi connectivity index (χ0) is 14.2. The molecule has 5 nitrogen and oxygen atoms in total. The van der Waals surface area contributed by atoms with E-state index in [2.05, 4.69) is 0 Å². The summed E-state index contributed by atoms with van der Waals surface area (Å²) in [7, 11) is -2.97. The second-order valence-electron chi connectivity index (χ2n) is 4.97. The molecule has 1 aromatic rings. The van der Waals surface area contributed by atoms with E-state index in [-0.39, 0.29) is 30.5 Å². The Morgan fingerprint density at radius 2 is 1.74 bits per heavy atom. The van der Waals surface area contributed by atoms with Crippen molar-refractivity contribution in [3.63, 3.8) is 0 Å². The van der Waals surface area contributed by atoms with Crippen LogP contribution < -0.4 is 5.73 Å². The van der Waals surface area contributed by atoms with E-state index in [0.29, 0.717) is 11.3 Å². The maximum atomic E-state index is 12.4. The average molecular weight is 282 g/mol. The molecule has 1 saturated heterocycles. The van der Waals surface area contributed by atoms with Gasteiger partial charge in [-0.3, -0.25) is 4.79 Å². The summed E-state index contributed by atoms with van der Waals surface area (Å²) >= 11 is 0. The topological polar surface area (TPSA) is 80.5 Å². The number of benzene rings is 1. The maximum absolute atomic E-state index is 12.4. The molecule has 19 heavy (non-hydrogen) atoms. The van der Waals surface area contributed by atoms with Crippen LogP contribution in [0, 0.1) is 13.8 Å². The molecule has 0 radical (unpaired) electrons. The quantitative estimate of drug-likeness (QED) is 0.771. The second-order valence-corrected chi connectivity index (χ2v) is 7.27. The largest absolute Gasteiger partial charge is 0.398 e. The smallest absolute Gasteiger partial charge is 0.254 e. The average Bonchev–Trinajstić information content (AvgIpc) is 2.33. The van der Waals surface area contributed by atoms with E-state index in [1.807, 2.05) is 19.9 Å². The number of amides is 1. The van der Waals surface area contributed by atoms with Crippen molar-refractivity contribution in [3.05, 3.63) is 28.8 Å². The summed E-state index contributed by atoms with van der Waals surface area (Å²) in [5.41, 5.74) is 8.78. The van der Waals surface area contributed by atoms with Crippen molar-refractivity contribution in [2.24, 2.45) is 0 Å². The van der Waals surface area contributed by atoms with Gasteiger partial charge in [0.2, 0.25) is 0 Å². The summed E-state index contributed by atoms with van der Waals surface area (Å²) in [4.78, 5) is 14.0. The summed E-state index contributed by atoms with van der Waals surface area (Å²) in [6.07, 6.45) is 0. The first-order chi connectivity index (χ1) is 8.80. The molecule has 1 aliphatic heterocycles. The Hall–Kier alpha value is -1.56. The number of nitrogen functional groups attached to an aromatic ring is 1. The zero-order valence-corrected chi connectivity index (χ0v) is 12.0. The van der Waals surface area contributed by atoms with Crippen LogP contribution in [0.15, 0.2) is 12.1 Å². The molecule has 1 aromatic carbocycles. The second kappa shape index (κ2) is 4.85. The first-order valence-electron chi connectivity index (χ1n) is 6.16. The number of anilines is 1. The van der Waals surface area contributed by atoms with Crippen molar-refractivity contribution >= 4 is 21.4 Å². The molecule has 0 aromatic heterocycles. The maximum Gasteiger partial charge on any atom is 0.254 e. The van der Waals surface area contributed by atoms with Gasteiger partial charge in [0.05, 0.1) is 11.5 Å². The molecule has 6 heteroatoms. The van der Waals surface area contributed by atoms with Gasteiger partial charge in [-0.1, -0.05) is 6.07 Å². The molecular weight excluding hydrogens is 264 g/mol. The number of nitrogens with two attached hydrogens (primary N) is 1. The highest BCUT2D eigenvalue weighted by Crippen LogP contribution is 2.20.